The van der Waals surface area contributed by atoms with Crippen LogP contribution in [0.3, 0.4) is 0 Å². The van der Waals surface area contributed by atoms with Crippen molar-refractivity contribution in [2.75, 3.05) is 6.79 Å². The Kier molecular flexibility index (Phi) is 2.69. The van der Waals surface area contributed by atoms with Crippen LogP contribution in [0.2, 0.25) is 0 Å². The van der Waals surface area contributed by atoms with Crippen molar-refractivity contribution in [1.82, 2.24) is 0 Å². The molecule has 0 unspecified atom stereocenters. The Bertz CT molecular complexity index is 679. The minimum Gasteiger partial charge on any atom is -0.236 e. The van der Waals surface area contributed by atoms with Crippen molar-refractivity contribution >= 4 is 20.2 Å². The number of hydrogen-bond donors (Lipinski definition) is 0. The molecule has 1 aliphatic heterocycles. The van der Waals surface area contributed by atoms with Crippen molar-refractivity contribution < 1.29 is 34.0 Å². The summed E-state index contributed by atoms with van der Waals surface area (Å²) < 4.78 is 80.0. The van der Waals surface area contributed by atoms with E-state index < -0.39 is 48.5 Å². The molecule has 0 atom stereocenters. The summed E-state index contributed by atoms with van der Waals surface area (Å²) in [6.07, 6.45) is 0. The third kappa shape index (κ3) is 1.92. The van der Waals surface area contributed by atoms with Gasteiger partial charge in [-0.05, 0) is 12.1 Å². The number of halogens is 2. The van der Waals surface area contributed by atoms with Crippen LogP contribution in [0.5, 0.6) is 0 Å². The summed E-state index contributed by atoms with van der Waals surface area (Å²) in [5.41, 5.74) is 0. The van der Waals surface area contributed by atoms with Gasteiger partial charge in [0.15, 0.2) is 23.3 Å². The average molecular weight is 286 g/mol. The Morgan fingerprint density at radius 2 is 1.59 bits per heavy atom. The normalized spacial score (nSPS) is 21.5. The lowest BCUT2D eigenvalue weighted by Crippen LogP contribution is -2.10. The maximum absolute atomic E-state index is 13.3. The van der Waals surface area contributed by atoms with Gasteiger partial charge in [-0.3, -0.25) is 0 Å². The molecule has 0 amide bonds. The van der Waals surface area contributed by atoms with Crippen LogP contribution in [0, 0.1) is 11.6 Å². The quantitative estimate of drug-likeness (QED) is 0.639. The van der Waals surface area contributed by atoms with E-state index in [0.29, 0.717) is 12.1 Å². The van der Waals surface area contributed by atoms with Crippen molar-refractivity contribution in [2.45, 2.75) is 9.79 Å². The van der Waals surface area contributed by atoms with Gasteiger partial charge in [-0.2, -0.15) is 16.8 Å². The van der Waals surface area contributed by atoms with Crippen LogP contribution in [0.25, 0.3) is 0 Å². The molecule has 0 aromatic heterocycles. The zero-order valence-corrected chi connectivity index (χ0v) is 9.52. The highest BCUT2D eigenvalue weighted by Gasteiger charge is 2.36. The van der Waals surface area contributed by atoms with Crippen molar-refractivity contribution in [3.8, 4) is 0 Å². The summed E-state index contributed by atoms with van der Waals surface area (Å²) >= 11 is 0. The molecule has 1 aromatic carbocycles. The van der Waals surface area contributed by atoms with Gasteiger partial charge < -0.3 is 0 Å². The zero-order valence-electron chi connectivity index (χ0n) is 7.88. The summed E-state index contributed by atoms with van der Waals surface area (Å²) in [6.45, 7) is -1.12. The second-order valence-corrected chi connectivity index (χ2v) is 6.09. The molecule has 1 heterocycles. The third-order valence-electron chi connectivity index (χ3n) is 1.94. The van der Waals surface area contributed by atoms with Gasteiger partial charge in [0, 0.05) is 0 Å². The molecule has 0 fully saturated rings. The van der Waals surface area contributed by atoms with Crippen molar-refractivity contribution in [2.24, 2.45) is 0 Å². The van der Waals surface area contributed by atoms with E-state index in [2.05, 4.69) is 8.37 Å². The Morgan fingerprint density at radius 1 is 1.00 bits per heavy atom. The largest absolute Gasteiger partial charge is 0.303 e. The van der Waals surface area contributed by atoms with Crippen molar-refractivity contribution in [3.63, 3.8) is 0 Å². The van der Waals surface area contributed by atoms with Gasteiger partial charge in [0.05, 0.1) is 0 Å². The molecule has 0 saturated carbocycles. The third-order valence-corrected chi connectivity index (χ3v) is 4.66. The molecule has 2 rings (SSSR count). The van der Waals surface area contributed by atoms with Crippen LogP contribution in [-0.2, 0) is 28.6 Å². The molecule has 10 heteroatoms. The number of fused-ring (bicyclic) bond motifs is 1. The molecule has 0 aliphatic carbocycles. The van der Waals surface area contributed by atoms with Gasteiger partial charge in [-0.1, -0.05) is 0 Å². The average Bonchev–Trinajstić information content (AvgIpc) is 2.28. The highest BCUT2D eigenvalue weighted by molar-refractivity contribution is 7.90. The molecule has 1 aromatic rings. The van der Waals surface area contributed by atoms with Gasteiger partial charge in [0.2, 0.25) is 0 Å². The Hall–Kier alpha value is -1.10. The standard InChI is InChI=1S/C7H4F2O6S2/c8-4-1-2-5-7(6(4)9)17(12,13)15-3-14-16(5,10)11/h1-2H,3H2. The van der Waals surface area contributed by atoms with Crippen LogP contribution in [0.15, 0.2) is 21.9 Å². The van der Waals surface area contributed by atoms with Gasteiger partial charge in [0.25, 0.3) is 0 Å². The fourth-order valence-corrected chi connectivity index (χ4v) is 3.66. The molecule has 0 radical (unpaired) electrons. The first-order valence-corrected chi connectivity index (χ1v) is 6.84. The fourth-order valence-electron chi connectivity index (χ4n) is 1.21. The monoisotopic (exact) mass is 286 g/mol. The summed E-state index contributed by atoms with van der Waals surface area (Å²) in [4.78, 5) is -2.37. The fraction of sp³-hybridized carbons (Fsp3) is 0.143. The maximum atomic E-state index is 13.3. The van der Waals surface area contributed by atoms with Gasteiger partial charge in [-0.15, -0.1) is 0 Å². The molecule has 6 nitrogen and oxygen atoms in total. The first kappa shape index (κ1) is 12.4. The van der Waals surface area contributed by atoms with Crippen molar-refractivity contribution in [3.05, 3.63) is 23.8 Å². The van der Waals surface area contributed by atoms with E-state index in [4.69, 9.17) is 0 Å². The van der Waals surface area contributed by atoms with Crippen LogP contribution < -0.4 is 0 Å². The lowest BCUT2D eigenvalue weighted by molar-refractivity contribution is 0.136. The zero-order chi connectivity index (χ0) is 12.8. The molecule has 0 bridgehead atoms. The van der Waals surface area contributed by atoms with E-state index in [1.54, 1.807) is 0 Å². The Morgan fingerprint density at radius 3 is 2.24 bits per heavy atom. The van der Waals surface area contributed by atoms with E-state index in [9.17, 15) is 25.6 Å². The highest BCUT2D eigenvalue weighted by Crippen LogP contribution is 2.31. The topological polar surface area (TPSA) is 86.7 Å². The first-order chi connectivity index (χ1) is 7.76. The van der Waals surface area contributed by atoms with Crippen LogP contribution >= 0.6 is 0 Å². The lowest BCUT2D eigenvalue weighted by Gasteiger charge is -2.05. The predicted octanol–water partition coefficient (Wildman–Crippen LogP) is 0.347. The summed E-state index contributed by atoms with van der Waals surface area (Å²) in [6, 6.07) is 1.07. The second-order valence-electron chi connectivity index (χ2n) is 2.95. The SMILES string of the molecule is O=S1(=O)OCOS(=O)(=O)c2c1ccc(F)c2F. The molecule has 0 N–H and O–H groups in total. The number of hydrogen-bond acceptors (Lipinski definition) is 6. The van der Waals surface area contributed by atoms with Gasteiger partial charge >= 0.3 is 20.2 Å². The Labute approximate surface area is 95.0 Å². The molecule has 0 saturated heterocycles. The first-order valence-electron chi connectivity index (χ1n) is 4.02. The Balaban J connectivity index is 2.95. The van der Waals surface area contributed by atoms with Crippen LogP contribution in [-0.4, -0.2) is 23.6 Å². The van der Waals surface area contributed by atoms with Gasteiger partial charge in [-0.25, -0.2) is 17.1 Å². The maximum Gasteiger partial charge on any atom is 0.303 e. The second kappa shape index (κ2) is 3.70. The lowest BCUT2D eigenvalue weighted by atomic mass is 10.3. The van der Waals surface area contributed by atoms with Crippen LogP contribution in [0.4, 0.5) is 8.78 Å². The minimum absolute atomic E-state index is 0.482. The van der Waals surface area contributed by atoms with Gasteiger partial charge in [0.1, 0.15) is 4.90 Å². The predicted molar refractivity (Wildman–Crippen MR) is 47.8 cm³/mol. The summed E-state index contributed by atoms with van der Waals surface area (Å²) in [5, 5.41) is 0. The molecule has 17 heavy (non-hydrogen) atoms. The number of benzene rings is 1. The summed E-state index contributed by atoms with van der Waals surface area (Å²) in [7, 11) is -9.22. The molecule has 1 aliphatic rings. The van der Waals surface area contributed by atoms with E-state index in [0.717, 1.165) is 0 Å². The van der Waals surface area contributed by atoms with Crippen molar-refractivity contribution in [1.29, 1.82) is 0 Å². The van der Waals surface area contributed by atoms with Crippen LogP contribution in [0.1, 0.15) is 0 Å². The minimum atomic E-state index is -4.72. The molecular formula is C7H4F2O6S2. The number of rotatable bonds is 0. The molecule has 94 valence electrons. The van der Waals surface area contributed by atoms with E-state index >= 15 is 0 Å². The highest BCUT2D eigenvalue weighted by atomic mass is 32.2. The molecular weight excluding hydrogens is 282 g/mol. The van der Waals surface area contributed by atoms with E-state index in [-0.39, 0.29) is 0 Å². The smallest absolute Gasteiger partial charge is 0.236 e. The van der Waals surface area contributed by atoms with E-state index in [1.165, 1.54) is 0 Å². The van der Waals surface area contributed by atoms with E-state index in [1.807, 2.05) is 0 Å². The summed E-state index contributed by atoms with van der Waals surface area (Å²) in [5.74, 6) is -3.33. The molecule has 0 spiro atoms.